The Morgan fingerprint density at radius 3 is 2.35 bits per heavy atom. The molecular weight excluding hydrogens is 332 g/mol. The van der Waals surface area contributed by atoms with Crippen LogP contribution in [-0.2, 0) is 9.53 Å². The quantitative estimate of drug-likeness (QED) is 0.776. The van der Waals surface area contributed by atoms with Crippen LogP contribution in [0.5, 0.6) is 5.75 Å². The molecule has 0 saturated heterocycles. The van der Waals surface area contributed by atoms with E-state index in [2.05, 4.69) is 10.6 Å². The molecule has 0 bridgehead atoms. The molecule has 0 radical (unpaired) electrons. The number of alkyl carbamates (subject to hydrolysis) is 1. The fraction of sp³-hybridized carbons (Fsp3) is 0.600. The summed E-state index contributed by atoms with van der Waals surface area (Å²) in [6.07, 6.45) is -0.262. The standard InChI is InChI=1S/C20H32N2O4/c1-14-9-8-10-16(15(14)2)25-12-11-17(23)22-20(6,7)13-21-18(24)26-19(3,4)5/h8-10H,11-13H2,1-7H3,(H,21,24)(H,22,23). The predicted molar refractivity (Wildman–Crippen MR) is 102 cm³/mol. The highest BCUT2D eigenvalue weighted by molar-refractivity contribution is 5.77. The summed E-state index contributed by atoms with van der Waals surface area (Å²) >= 11 is 0. The van der Waals surface area contributed by atoms with Gasteiger partial charge in [-0.2, -0.15) is 0 Å². The minimum Gasteiger partial charge on any atom is -0.493 e. The van der Waals surface area contributed by atoms with Gasteiger partial charge in [-0.3, -0.25) is 4.79 Å². The van der Waals surface area contributed by atoms with Crippen molar-refractivity contribution < 1.29 is 19.1 Å². The van der Waals surface area contributed by atoms with Crippen molar-refractivity contribution in [2.24, 2.45) is 0 Å². The molecule has 6 heteroatoms. The third kappa shape index (κ3) is 8.23. The summed E-state index contributed by atoms with van der Waals surface area (Å²) in [5, 5.41) is 5.57. The van der Waals surface area contributed by atoms with E-state index >= 15 is 0 Å². The number of carbonyl (C=O) groups excluding carboxylic acids is 2. The van der Waals surface area contributed by atoms with Crippen LogP contribution in [0, 0.1) is 13.8 Å². The van der Waals surface area contributed by atoms with E-state index in [4.69, 9.17) is 9.47 Å². The van der Waals surface area contributed by atoms with Gasteiger partial charge < -0.3 is 20.1 Å². The Morgan fingerprint density at radius 2 is 1.73 bits per heavy atom. The van der Waals surface area contributed by atoms with E-state index in [0.29, 0.717) is 6.61 Å². The minimum absolute atomic E-state index is 0.133. The number of hydrogen-bond acceptors (Lipinski definition) is 4. The lowest BCUT2D eigenvalue weighted by atomic mass is 10.1. The first-order valence-electron chi connectivity index (χ1n) is 8.86. The molecule has 0 fully saturated rings. The Bertz CT molecular complexity index is 633. The summed E-state index contributed by atoms with van der Waals surface area (Å²) < 4.78 is 10.9. The van der Waals surface area contributed by atoms with Crippen molar-refractivity contribution in [1.29, 1.82) is 0 Å². The van der Waals surface area contributed by atoms with Crippen molar-refractivity contribution in [3.05, 3.63) is 29.3 Å². The summed E-state index contributed by atoms with van der Waals surface area (Å²) in [6.45, 7) is 13.7. The Hall–Kier alpha value is -2.24. The van der Waals surface area contributed by atoms with Gasteiger partial charge in [0.25, 0.3) is 0 Å². The van der Waals surface area contributed by atoms with E-state index in [1.54, 1.807) is 20.8 Å². The number of benzene rings is 1. The van der Waals surface area contributed by atoms with Crippen LogP contribution in [0.1, 0.15) is 52.2 Å². The van der Waals surface area contributed by atoms with Crippen molar-refractivity contribution in [1.82, 2.24) is 10.6 Å². The fourth-order valence-corrected chi connectivity index (χ4v) is 2.23. The highest BCUT2D eigenvalue weighted by Crippen LogP contribution is 2.20. The van der Waals surface area contributed by atoms with Gasteiger partial charge in [-0.1, -0.05) is 12.1 Å². The van der Waals surface area contributed by atoms with Crippen LogP contribution < -0.4 is 15.4 Å². The summed E-state index contributed by atoms with van der Waals surface area (Å²) in [7, 11) is 0. The van der Waals surface area contributed by atoms with Crippen LogP contribution in [0.2, 0.25) is 0 Å². The number of amides is 2. The molecule has 0 atom stereocenters. The molecule has 2 N–H and O–H groups in total. The van der Waals surface area contributed by atoms with Crippen LogP contribution >= 0.6 is 0 Å². The monoisotopic (exact) mass is 364 g/mol. The number of aryl methyl sites for hydroxylation is 1. The summed E-state index contributed by atoms with van der Waals surface area (Å²) in [5.74, 6) is 0.662. The number of rotatable bonds is 7. The summed E-state index contributed by atoms with van der Waals surface area (Å²) in [6, 6.07) is 5.85. The van der Waals surface area contributed by atoms with E-state index in [1.807, 2.05) is 45.9 Å². The average Bonchev–Trinajstić information content (AvgIpc) is 2.47. The molecule has 0 unspecified atom stereocenters. The third-order valence-corrected chi connectivity index (χ3v) is 3.69. The van der Waals surface area contributed by atoms with Crippen LogP contribution in [-0.4, -0.2) is 36.3 Å². The van der Waals surface area contributed by atoms with Gasteiger partial charge in [0.15, 0.2) is 0 Å². The molecule has 0 aromatic heterocycles. The Balaban J connectivity index is 2.38. The van der Waals surface area contributed by atoms with Crippen LogP contribution in [0.4, 0.5) is 4.79 Å². The SMILES string of the molecule is Cc1cccc(OCCC(=O)NC(C)(C)CNC(=O)OC(C)(C)C)c1C. The molecule has 0 aliphatic heterocycles. The number of nitrogens with one attached hydrogen (secondary N) is 2. The topological polar surface area (TPSA) is 76.7 Å². The molecule has 1 rings (SSSR count). The van der Waals surface area contributed by atoms with Gasteiger partial charge in [0, 0.05) is 6.54 Å². The van der Waals surface area contributed by atoms with Gasteiger partial charge in [-0.05, 0) is 65.7 Å². The maximum absolute atomic E-state index is 12.1. The second-order valence-electron chi connectivity index (χ2n) is 8.08. The van der Waals surface area contributed by atoms with Gasteiger partial charge in [-0.15, -0.1) is 0 Å². The molecule has 0 saturated carbocycles. The largest absolute Gasteiger partial charge is 0.493 e. The smallest absolute Gasteiger partial charge is 0.407 e. The lowest BCUT2D eigenvalue weighted by Gasteiger charge is -2.27. The van der Waals surface area contributed by atoms with E-state index in [1.165, 1.54) is 0 Å². The van der Waals surface area contributed by atoms with E-state index in [0.717, 1.165) is 16.9 Å². The molecule has 1 aromatic carbocycles. The Morgan fingerprint density at radius 1 is 1.08 bits per heavy atom. The maximum Gasteiger partial charge on any atom is 0.407 e. The molecule has 26 heavy (non-hydrogen) atoms. The molecule has 1 aromatic rings. The van der Waals surface area contributed by atoms with Gasteiger partial charge >= 0.3 is 6.09 Å². The number of hydrogen-bond donors (Lipinski definition) is 2. The van der Waals surface area contributed by atoms with Gasteiger partial charge in [-0.25, -0.2) is 4.79 Å². The molecule has 0 aliphatic rings. The Kier molecular flexibility index (Phi) is 7.48. The molecule has 2 amide bonds. The Labute approximate surface area is 156 Å². The second kappa shape index (κ2) is 8.92. The third-order valence-electron chi connectivity index (χ3n) is 3.69. The lowest BCUT2D eigenvalue weighted by molar-refractivity contribution is -0.123. The first-order valence-corrected chi connectivity index (χ1v) is 8.86. The molecule has 0 aliphatic carbocycles. The van der Waals surface area contributed by atoms with E-state index in [9.17, 15) is 9.59 Å². The first kappa shape index (κ1) is 21.8. The highest BCUT2D eigenvalue weighted by atomic mass is 16.6. The lowest BCUT2D eigenvalue weighted by Crippen LogP contribution is -2.52. The van der Waals surface area contributed by atoms with Gasteiger partial charge in [0.05, 0.1) is 18.6 Å². The molecule has 0 heterocycles. The normalized spacial score (nSPS) is 11.7. The minimum atomic E-state index is -0.590. The zero-order chi connectivity index (χ0) is 20.0. The highest BCUT2D eigenvalue weighted by Gasteiger charge is 2.23. The average molecular weight is 364 g/mol. The fourth-order valence-electron chi connectivity index (χ4n) is 2.23. The molecular formula is C20H32N2O4. The zero-order valence-corrected chi connectivity index (χ0v) is 17.0. The number of carbonyl (C=O) groups is 2. The van der Waals surface area contributed by atoms with Gasteiger partial charge in [0.2, 0.25) is 5.91 Å². The summed E-state index contributed by atoms with van der Waals surface area (Å²) in [5.41, 5.74) is 1.09. The van der Waals surface area contributed by atoms with Crippen LogP contribution in [0.15, 0.2) is 18.2 Å². The molecule has 6 nitrogen and oxygen atoms in total. The van der Waals surface area contributed by atoms with E-state index in [-0.39, 0.29) is 18.9 Å². The van der Waals surface area contributed by atoms with Crippen molar-refractivity contribution in [2.75, 3.05) is 13.2 Å². The second-order valence-corrected chi connectivity index (χ2v) is 8.08. The number of ether oxygens (including phenoxy) is 2. The van der Waals surface area contributed by atoms with Crippen molar-refractivity contribution in [2.45, 2.75) is 66.0 Å². The molecule has 0 spiro atoms. The van der Waals surface area contributed by atoms with Crippen molar-refractivity contribution >= 4 is 12.0 Å². The first-order chi connectivity index (χ1) is 11.9. The van der Waals surface area contributed by atoms with Crippen molar-refractivity contribution in [3.8, 4) is 5.75 Å². The van der Waals surface area contributed by atoms with Crippen molar-refractivity contribution in [3.63, 3.8) is 0 Å². The predicted octanol–water partition coefficient (Wildman–Crippen LogP) is 3.49. The maximum atomic E-state index is 12.1. The van der Waals surface area contributed by atoms with Crippen LogP contribution in [0.25, 0.3) is 0 Å². The van der Waals surface area contributed by atoms with E-state index < -0.39 is 17.2 Å². The molecule has 146 valence electrons. The van der Waals surface area contributed by atoms with Crippen LogP contribution in [0.3, 0.4) is 0 Å². The summed E-state index contributed by atoms with van der Waals surface area (Å²) in [4.78, 5) is 23.9. The zero-order valence-electron chi connectivity index (χ0n) is 17.0. The van der Waals surface area contributed by atoms with Gasteiger partial charge in [0.1, 0.15) is 11.4 Å².